The number of amides is 3. The SMILES string of the molecule is COC(=O)[C@@H](C)C[C@H](Cc1ccccc1)NC(=O)c1nc([C@@H](C[C@H](C(C)C)N(C)C(=O)[C@@H](NC(=O)[C@H]2CCCCN2C)C(C)C)OC(C)=O)sc1C. The predicted octanol–water partition coefficient (Wildman–Crippen LogP) is 5.09. The number of piperidine rings is 1. The van der Waals surface area contributed by atoms with E-state index in [0.29, 0.717) is 22.7 Å². The van der Waals surface area contributed by atoms with Gasteiger partial charge in [-0.25, -0.2) is 4.98 Å². The van der Waals surface area contributed by atoms with Crippen LogP contribution in [0.25, 0.3) is 0 Å². The van der Waals surface area contributed by atoms with E-state index in [1.165, 1.54) is 25.4 Å². The largest absolute Gasteiger partial charge is 0.469 e. The Bertz CT molecular complexity index is 1510. The Morgan fingerprint density at radius 3 is 2.25 bits per heavy atom. The van der Waals surface area contributed by atoms with Crippen molar-refractivity contribution in [1.82, 2.24) is 25.4 Å². The number of ether oxygens (including phenoxy) is 2. The summed E-state index contributed by atoms with van der Waals surface area (Å²) in [5.41, 5.74) is 1.22. The van der Waals surface area contributed by atoms with Crippen LogP contribution in [0, 0.1) is 24.7 Å². The van der Waals surface area contributed by atoms with Crippen molar-refractivity contribution in [2.75, 3.05) is 27.7 Å². The number of carbonyl (C=O) groups excluding carboxylic acids is 5. The molecule has 12 nitrogen and oxygen atoms in total. The van der Waals surface area contributed by atoms with E-state index in [9.17, 15) is 24.0 Å². The molecule has 0 radical (unpaired) electrons. The van der Waals surface area contributed by atoms with E-state index in [1.807, 2.05) is 70.0 Å². The maximum atomic E-state index is 14.1. The summed E-state index contributed by atoms with van der Waals surface area (Å²) < 4.78 is 10.8. The van der Waals surface area contributed by atoms with Crippen LogP contribution in [0.2, 0.25) is 0 Å². The van der Waals surface area contributed by atoms with E-state index < -0.39 is 29.9 Å². The molecule has 0 aliphatic carbocycles. The molecular formula is C39H59N5O7S. The third kappa shape index (κ3) is 11.8. The van der Waals surface area contributed by atoms with Gasteiger partial charge in [0.25, 0.3) is 5.91 Å². The van der Waals surface area contributed by atoms with Crippen LogP contribution in [0.3, 0.4) is 0 Å². The van der Waals surface area contributed by atoms with Gasteiger partial charge in [-0.1, -0.05) is 71.4 Å². The van der Waals surface area contributed by atoms with Crippen molar-refractivity contribution in [1.29, 1.82) is 0 Å². The summed E-state index contributed by atoms with van der Waals surface area (Å²) in [5, 5.41) is 6.57. The number of aryl methyl sites for hydroxylation is 1. The van der Waals surface area contributed by atoms with E-state index in [0.717, 1.165) is 31.4 Å². The minimum atomic E-state index is -0.826. The van der Waals surface area contributed by atoms with Crippen molar-refractivity contribution in [2.24, 2.45) is 17.8 Å². The van der Waals surface area contributed by atoms with Crippen LogP contribution in [0.4, 0.5) is 0 Å². The summed E-state index contributed by atoms with van der Waals surface area (Å²) >= 11 is 1.27. The molecule has 288 valence electrons. The highest BCUT2D eigenvalue weighted by atomic mass is 32.1. The summed E-state index contributed by atoms with van der Waals surface area (Å²) in [4.78, 5) is 74.9. The monoisotopic (exact) mass is 741 g/mol. The molecule has 1 aliphatic rings. The zero-order valence-corrected chi connectivity index (χ0v) is 33.4. The molecule has 1 aliphatic heterocycles. The number of nitrogens with zero attached hydrogens (tertiary/aromatic N) is 3. The van der Waals surface area contributed by atoms with Crippen molar-refractivity contribution in [3.8, 4) is 0 Å². The van der Waals surface area contributed by atoms with E-state index in [-0.39, 0.29) is 59.9 Å². The molecule has 1 aromatic carbocycles. The number of aromatic nitrogens is 1. The first-order valence-corrected chi connectivity index (χ1v) is 19.2. The van der Waals surface area contributed by atoms with Gasteiger partial charge in [0.05, 0.1) is 19.1 Å². The lowest BCUT2D eigenvalue weighted by molar-refractivity contribution is -0.149. The van der Waals surface area contributed by atoms with E-state index >= 15 is 0 Å². The Morgan fingerprint density at radius 2 is 1.67 bits per heavy atom. The van der Waals surface area contributed by atoms with Gasteiger partial charge in [-0.2, -0.15) is 0 Å². The molecule has 2 heterocycles. The number of nitrogens with one attached hydrogen (secondary N) is 2. The standard InChI is InChI=1S/C39H59N5O7S/c1-23(2)31(44(9)38(48)33(24(3)4)41-35(46)30-18-14-15-19-43(30)8)22-32(51-27(7)45)37-42-34(26(6)52-37)36(47)40-29(20-25(5)39(49)50-10)21-28-16-12-11-13-17-28/h11-13,16-17,23-25,29-33H,14-15,18-22H2,1-10H3,(H,40,47)(H,41,46)/t25-,29+,30+,31+,32+,33-/m0/s1. The Morgan fingerprint density at radius 1 is 1.00 bits per heavy atom. The maximum absolute atomic E-state index is 14.1. The number of hydrogen-bond acceptors (Lipinski definition) is 10. The molecule has 0 saturated carbocycles. The van der Waals surface area contributed by atoms with Gasteiger partial charge in [-0.3, -0.25) is 28.9 Å². The van der Waals surface area contributed by atoms with Crippen molar-refractivity contribution in [3.05, 3.63) is 51.5 Å². The summed E-state index contributed by atoms with van der Waals surface area (Å²) in [6.45, 7) is 13.5. The second kappa shape index (κ2) is 19.8. The Kier molecular flexibility index (Phi) is 16.2. The number of rotatable bonds is 17. The number of methoxy groups -OCH3 is 1. The third-order valence-electron chi connectivity index (χ3n) is 9.89. The molecule has 1 fully saturated rings. The summed E-state index contributed by atoms with van der Waals surface area (Å²) in [7, 11) is 5.01. The van der Waals surface area contributed by atoms with Crippen LogP contribution < -0.4 is 10.6 Å². The van der Waals surface area contributed by atoms with Crippen LogP contribution >= 0.6 is 11.3 Å². The lowest BCUT2D eigenvalue weighted by Crippen LogP contribution is -2.57. The molecule has 52 heavy (non-hydrogen) atoms. The first-order chi connectivity index (χ1) is 24.5. The van der Waals surface area contributed by atoms with Gasteiger partial charge in [0.1, 0.15) is 16.7 Å². The fraction of sp³-hybridized carbons (Fsp3) is 0.641. The number of carbonyl (C=O) groups is 5. The van der Waals surface area contributed by atoms with Gasteiger partial charge >= 0.3 is 11.9 Å². The number of thiazole rings is 1. The van der Waals surface area contributed by atoms with Gasteiger partial charge in [0, 0.05) is 37.4 Å². The van der Waals surface area contributed by atoms with Gasteiger partial charge in [-0.05, 0) is 63.6 Å². The average Bonchev–Trinajstić information content (AvgIpc) is 3.49. The summed E-state index contributed by atoms with van der Waals surface area (Å²) in [6, 6.07) is 7.94. The number of benzene rings is 1. The summed E-state index contributed by atoms with van der Waals surface area (Å²) in [5.74, 6) is -2.27. The molecular weight excluding hydrogens is 683 g/mol. The molecule has 0 unspecified atom stereocenters. The van der Waals surface area contributed by atoms with Crippen molar-refractivity contribution < 1.29 is 33.4 Å². The molecule has 0 bridgehead atoms. The first-order valence-electron chi connectivity index (χ1n) is 18.4. The smallest absolute Gasteiger partial charge is 0.308 e. The highest BCUT2D eigenvalue weighted by Crippen LogP contribution is 2.33. The van der Waals surface area contributed by atoms with Crippen molar-refractivity contribution in [3.63, 3.8) is 0 Å². The second-order valence-corrected chi connectivity index (χ2v) is 16.0. The number of likely N-dealkylation sites (N-methyl/N-ethyl adjacent to an activating group) is 2. The van der Waals surface area contributed by atoms with Gasteiger partial charge < -0.3 is 25.0 Å². The van der Waals surface area contributed by atoms with Crippen molar-refractivity contribution >= 4 is 41.0 Å². The van der Waals surface area contributed by atoms with E-state index in [1.54, 1.807) is 25.8 Å². The molecule has 2 aromatic rings. The van der Waals surface area contributed by atoms with Crippen LogP contribution in [-0.2, 0) is 35.1 Å². The Balaban J connectivity index is 1.84. The van der Waals surface area contributed by atoms with E-state index in [2.05, 4.69) is 10.6 Å². The van der Waals surface area contributed by atoms with Crippen LogP contribution in [0.1, 0.15) is 106 Å². The van der Waals surface area contributed by atoms with Gasteiger partial charge in [0.2, 0.25) is 11.8 Å². The molecule has 13 heteroatoms. The quantitative estimate of drug-likeness (QED) is 0.212. The third-order valence-corrected chi connectivity index (χ3v) is 11.0. The fourth-order valence-electron chi connectivity index (χ4n) is 6.88. The normalized spacial score (nSPS) is 17.8. The topological polar surface area (TPSA) is 147 Å². The number of likely N-dealkylation sites (tertiary alicyclic amines) is 1. The van der Waals surface area contributed by atoms with Crippen LogP contribution in [0.5, 0.6) is 0 Å². The molecule has 1 aromatic heterocycles. The van der Waals surface area contributed by atoms with Crippen molar-refractivity contribution in [2.45, 2.75) is 117 Å². The molecule has 3 rings (SSSR count). The lowest BCUT2D eigenvalue weighted by Gasteiger charge is -2.37. The minimum absolute atomic E-state index is 0.0422. The van der Waals surface area contributed by atoms with Crippen LogP contribution in [0.15, 0.2) is 30.3 Å². The molecule has 3 amide bonds. The summed E-state index contributed by atoms with van der Waals surface area (Å²) in [6.07, 6.45) is 3.06. The molecule has 6 atom stereocenters. The highest BCUT2D eigenvalue weighted by molar-refractivity contribution is 7.12. The first kappa shape index (κ1) is 42.6. The predicted molar refractivity (Wildman–Crippen MR) is 202 cm³/mol. The molecule has 2 N–H and O–H groups in total. The molecule has 1 saturated heterocycles. The highest BCUT2D eigenvalue weighted by Gasteiger charge is 2.37. The number of hydrogen-bond donors (Lipinski definition) is 2. The van der Waals surface area contributed by atoms with Gasteiger partial charge in [-0.15, -0.1) is 11.3 Å². The van der Waals surface area contributed by atoms with E-state index in [4.69, 9.17) is 14.5 Å². The van der Waals surface area contributed by atoms with Gasteiger partial charge in [0.15, 0.2) is 6.10 Å². The number of esters is 2. The fourth-order valence-corrected chi connectivity index (χ4v) is 7.85. The minimum Gasteiger partial charge on any atom is -0.469 e. The maximum Gasteiger partial charge on any atom is 0.308 e. The second-order valence-electron chi connectivity index (χ2n) is 14.8. The Labute approximate surface area is 313 Å². The molecule has 0 spiro atoms. The lowest BCUT2D eigenvalue weighted by atomic mass is 9.94. The van der Waals surface area contributed by atoms with Crippen LogP contribution in [-0.4, -0.2) is 96.4 Å². The average molecular weight is 742 g/mol. The zero-order chi connectivity index (χ0) is 38.7. The Hall–Kier alpha value is -3.84. The zero-order valence-electron chi connectivity index (χ0n) is 32.6.